The predicted molar refractivity (Wildman–Crippen MR) is 70.3 cm³/mol. The Hall–Kier alpha value is -1.28. The van der Waals surface area contributed by atoms with Crippen LogP contribution in [0.25, 0.3) is 0 Å². The number of hydrogen-bond acceptors (Lipinski definition) is 3. The first-order valence-electron chi connectivity index (χ1n) is 5.21. The largest absolute Gasteiger partial charge is 0.330 e. The fourth-order valence-corrected chi connectivity index (χ4v) is 3.14. The van der Waals surface area contributed by atoms with E-state index in [2.05, 4.69) is 6.07 Å². The molecule has 0 aromatic carbocycles. The van der Waals surface area contributed by atoms with Gasteiger partial charge in [0.25, 0.3) is 0 Å². The first-order chi connectivity index (χ1) is 8.13. The Morgan fingerprint density at radius 1 is 1.47 bits per heavy atom. The van der Waals surface area contributed by atoms with Crippen LogP contribution < -0.4 is 5.73 Å². The molecule has 0 spiro atoms. The van der Waals surface area contributed by atoms with Crippen molar-refractivity contribution in [3.8, 4) is 6.07 Å². The van der Waals surface area contributed by atoms with Crippen molar-refractivity contribution in [2.24, 2.45) is 5.73 Å². The van der Waals surface area contributed by atoms with E-state index in [9.17, 15) is 0 Å². The van der Waals surface area contributed by atoms with Crippen LogP contribution in [0.5, 0.6) is 0 Å². The average molecular weight is 266 g/mol. The maximum Gasteiger partial charge on any atom is 0.120 e. The van der Waals surface area contributed by atoms with E-state index < -0.39 is 0 Å². The highest BCUT2D eigenvalue weighted by Crippen LogP contribution is 2.31. The summed E-state index contributed by atoms with van der Waals surface area (Å²) >= 11 is 7.44. The molecule has 2 unspecified atom stereocenters. The van der Waals surface area contributed by atoms with E-state index in [0.717, 1.165) is 9.21 Å². The van der Waals surface area contributed by atoms with Crippen LogP contribution in [0.3, 0.4) is 0 Å². The van der Waals surface area contributed by atoms with Crippen molar-refractivity contribution in [2.45, 2.75) is 19.0 Å². The lowest BCUT2D eigenvalue weighted by molar-refractivity contribution is 0.502. The van der Waals surface area contributed by atoms with Gasteiger partial charge in [-0.2, -0.15) is 5.26 Å². The van der Waals surface area contributed by atoms with Crippen LogP contribution >= 0.6 is 22.9 Å². The second kappa shape index (κ2) is 4.92. The van der Waals surface area contributed by atoms with Gasteiger partial charge in [-0.15, -0.1) is 11.3 Å². The minimum atomic E-state index is -0.0933. The van der Waals surface area contributed by atoms with E-state index in [1.807, 2.05) is 35.9 Å². The Bertz CT molecular complexity index is 550. The zero-order valence-electron chi connectivity index (χ0n) is 9.30. The molecule has 0 aliphatic rings. The lowest BCUT2D eigenvalue weighted by atomic mass is 10.1. The molecule has 0 aliphatic carbocycles. The molecule has 0 fully saturated rings. The molecule has 5 heteroatoms. The minimum Gasteiger partial charge on any atom is -0.330 e. The van der Waals surface area contributed by atoms with Crippen LogP contribution in [0.4, 0.5) is 0 Å². The third-order valence-corrected chi connectivity index (χ3v) is 3.88. The molecule has 2 aromatic rings. The molecule has 2 heterocycles. The number of nitriles is 1. The van der Waals surface area contributed by atoms with Crippen molar-refractivity contribution < 1.29 is 0 Å². The molecular formula is C12H12ClN3S. The van der Waals surface area contributed by atoms with Gasteiger partial charge < -0.3 is 10.3 Å². The van der Waals surface area contributed by atoms with E-state index in [1.54, 1.807) is 6.07 Å². The second-order valence-corrected chi connectivity index (χ2v) is 5.60. The smallest absolute Gasteiger partial charge is 0.120 e. The Kier molecular flexibility index (Phi) is 3.53. The summed E-state index contributed by atoms with van der Waals surface area (Å²) in [4.78, 5) is 1.07. The van der Waals surface area contributed by atoms with Crippen molar-refractivity contribution in [2.75, 3.05) is 0 Å². The SMILES string of the molecule is CC(N)C(c1ccc(Cl)s1)n1cccc1C#N. The molecule has 0 saturated carbocycles. The topological polar surface area (TPSA) is 54.7 Å². The van der Waals surface area contributed by atoms with E-state index in [4.69, 9.17) is 22.6 Å². The van der Waals surface area contributed by atoms with Crippen LogP contribution in [-0.2, 0) is 0 Å². The van der Waals surface area contributed by atoms with Crippen LogP contribution in [-0.4, -0.2) is 10.6 Å². The summed E-state index contributed by atoms with van der Waals surface area (Å²) in [6.07, 6.45) is 1.88. The van der Waals surface area contributed by atoms with Gasteiger partial charge >= 0.3 is 0 Å². The summed E-state index contributed by atoms with van der Waals surface area (Å²) < 4.78 is 2.63. The second-order valence-electron chi connectivity index (χ2n) is 3.86. The molecule has 88 valence electrons. The molecule has 0 amide bonds. The predicted octanol–water partition coefficient (Wildman–Crippen LogP) is 3.01. The molecular weight excluding hydrogens is 254 g/mol. The zero-order valence-corrected chi connectivity index (χ0v) is 10.9. The number of hydrogen-bond donors (Lipinski definition) is 1. The summed E-state index contributed by atoms with van der Waals surface area (Å²) in [6.45, 7) is 1.93. The number of nitrogens with two attached hydrogens (primary N) is 1. The maximum atomic E-state index is 9.06. The molecule has 2 N–H and O–H groups in total. The fourth-order valence-electron chi connectivity index (χ4n) is 1.87. The van der Waals surface area contributed by atoms with E-state index in [-0.39, 0.29) is 12.1 Å². The summed E-state index contributed by atoms with van der Waals surface area (Å²) in [5.41, 5.74) is 6.63. The first kappa shape index (κ1) is 12.2. The van der Waals surface area contributed by atoms with E-state index in [0.29, 0.717) is 5.69 Å². The minimum absolute atomic E-state index is 0.0443. The van der Waals surface area contributed by atoms with Crippen molar-refractivity contribution in [3.05, 3.63) is 45.4 Å². The van der Waals surface area contributed by atoms with Crippen molar-refractivity contribution in [1.82, 2.24) is 4.57 Å². The molecule has 2 atom stereocenters. The van der Waals surface area contributed by atoms with Gasteiger partial charge in [0, 0.05) is 17.1 Å². The number of halogens is 1. The van der Waals surface area contributed by atoms with Gasteiger partial charge in [0.15, 0.2) is 0 Å². The van der Waals surface area contributed by atoms with Crippen LogP contribution in [0.2, 0.25) is 4.34 Å². The molecule has 3 nitrogen and oxygen atoms in total. The third kappa shape index (κ3) is 2.37. The van der Waals surface area contributed by atoms with E-state index >= 15 is 0 Å². The van der Waals surface area contributed by atoms with E-state index in [1.165, 1.54) is 11.3 Å². The monoisotopic (exact) mass is 265 g/mol. The maximum absolute atomic E-state index is 9.06. The Labute approximate surface area is 109 Å². The van der Waals surface area contributed by atoms with Crippen molar-refractivity contribution in [1.29, 1.82) is 5.26 Å². The lowest BCUT2D eigenvalue weighted by Gasteiger charge is -2.22. The van der Waals surface area contributed by atoms with Gasteiger partial charge in [0.05, 0.1) is 10.4 Å². The lowest BCUT2D eigenvalue weighted by Crippen LogP contribution is -2.29. The number of aromatic nitrogens is 1. The standard InChI is InChI=1S/C12H12ClN3S/c1-8(15)12(10-4-5-11(13)17-10)16-6-2-3-9(16)7-14/h2-6,8,12H,15H2,1H3. The van der Waals surface area contributed by atoms with Crippen molar-refractivity contribution >= 4 is 22.9 Å². The highest BCUT2D eigenvalue weighted by atomic mass is 35.5. The summed E-state index contributed by atoms with van der Waals surface area (Å²) in [5, 5.41) is 9.06. The molecule has 0 bridgehead atoms. The molecule has 2 aromatic heterocycles. The van der Waals surface area contributed by atoms with Gasteiger partial charge in [0.2, 0.25) is 0 Å². The summed E-state index contributed by atoms with van der Waals surface area (Å²) in [6, 6.07) is 9.48. The van der Waals surface area contributed by atoms with Gasteiger partial charge in [-0.3, -0.25) is 0 Å². The summed E-state index contributed by atoms with van der Waals surface area (Å²) in [5.74, 6) is 0. The molecule has 17 heavy (non-hydrogen) atoms. The van der Waals surface area contributed by atoms with Crippen LogP contribution in [0.15, 0.2) is 30.5 Å². The first-order valence-corrected chi connectivity index (χ1v) is 6.40. The highest BCUT2D eigenvalue weighted by molar-refractivity contribution is 7.16. The van der Waals surface area contributed by atoms with Crippen LogP contribution in [0, 0.1) is 11.3 Å². The van der Waals surface area contributed by atoms with Gasteiger partial charge in [-0.1, -0.05) is 11.6 Å². The molecule has 0 radical (unpaired) electrons. The Balaban J connectivity index is 2.47. The van der Waals surface area contributed by atoms with Gasteiger partial charge in [-0.05, 0) is 31.2 Å². The Morgan fingerprint density at radius 3 is 2.76 bits per heavy atom. The molecule has 0 saturated heterocycles. The molecule has 0 aliphatic heterocycles. The number of rotatable bonds is 3. The van der Waals surface area contributed by atoms with Gasteiger partial charge in [0.1, 0.15) is 11.8 Å². The van der Waals surface area contributed by atoms with Crippen molar-refractivity contribution in [3.63, 3.8) is 0 Å². The van der Waals surface area contributed by atoms with Gasteiger partial charge in [-0.25, -0.2) is 0 Å². The average Bonchev–Trinajstić information content (AvgIpc) is 2.88. The number of thiophene rings is 1. The zero-order chi connectivity index (χ0) is 12.4. The third-order valence-electron chi connectivity index (χ3n) is 2.58. The van der Waals surface area contributed by atoms with Crippen LogP contribution in [0.1, 0.15) is 23.5 Å². The highest BCUT2D eigenvalue weighted by Gasteiger charge is 2.21. The fraction of sp³-hybridized carbons (Fsp3) is 0.250. The quantitative estimate of drug-likeness (QED) is 0.927. The normalized spacial score (nSPS) is 14.2. The number of nitrogens with zero attached hydrogens (tertiary/aromatic N) is 2. The molecule has 2 rings (SSSR count). The Morgan fingerprint density at radius 2 is 2.24 bits per heavy atom. The summed E-state index contributed by atoms with van der Waals surface area (Å²) in [7, 11) is 0.